The molecule has 0 unspecified atom stereocenters. The minimum atomic E-state index is -3.68. The van der Waals surface area contributed by atoms with E-state index in [1.807, 2.05) is 0 Å². The number of hydrogen-bond acceptors (Lipinski definition) is 3. The zero-order chi connectivity index (χ0) is 9.07. The first kappa shape index (κ1) is 10.0. The Morgan fingerprint density at radius 1 is 1.45 bits per heavy atom. The van der Waals surface area contributed by atoms with Gasteiger partial charge >= 0.3 is 11.9 Å². The Balaban J connectivity index is 4.21. The number of alkyl halides is 2. The van der Waals surface area contributed by atoms with Crippen LogP contribution in [0.15, 0.2) is 0 Å². The van der Waals surface area contributed by atoms with Gasteiger partial charge in [0, 0.05) is 0 Å². The summed E-state index contributed by atoms with van der Waals surface area (Å²) in [5.41, 5.74) is 0. The first-order valence-electron chi connectivity index (χ1n) is 2.86. The highest BCUT2D eigenvalue weighted by molar-refractivity contribution is 5.86. The van der Waals surface area contributed by atoms with Crippen molar-refractivity contribution in [3.8, 4) is 0 Å². The van der Waals surface area contributed by atoms with Crippen LogP contribution in [0.25, 0.3) is 0 Å². The molecule has 0 atom stereocenters. The lowest BCUT2D eigenvalue weighted by molar-refractivity contribution is -0.171. The number of rotatable bonds is 3. The van der Waals surface area contributed by atoms with Crippen LogP contribution in [0.3, 0.4) is 0 Å². The summed E-state index contributed by atoms with van der Waals surface area (Å²) in [6, 6.07) is 0. The molecule has 0 bridgehead atoms. The van der Waals surface area contributed by atoms with E-state index in [0.29, 0.717) is 0 Å². The van der Waals surface area contributed by atoms with Gasteiger partial charge in [-0.2, -0.15) is 8.78 Å². The van der Waals surface area contributed by atoms with E-state index in [1.54, 1.807) is 0 Å². The Morgan fingerprint density at radius 3 is 2.18 bits per heavy atom. The highest BCUT2D eigenvalue weighted by Gasteiger charge is 2.41. The normalized spacial score (nSPS) is 10.9. The molecule has 0 aliphatic rings. The Kier molecular flexibility index (Phi) is 3.10. The fraction of sp³-hybridized carbons (Fsp3) is 0.667. The van der Waals surface area contributed by atoms with Gasteiger partial charge in [0.15, 0.2) is 0 Å². The third kappa shape index (κ3) is 3.06. The highest BCUT2D eigenvalue weighted by atomic mass is 19.3. The molecule has 0 rings (SSSR count). The molecule has 0 saturated heterocycles. The number of methoxy groups -OCH3 is 1. The molecule has 0 aliphatic heterocycles. The Morgan fingerprint density at radius 2 is 1.91 bits per heavy atom. The third-order valence-corrected chi connectivity index (χ3v) is 0.955. The molecule has 0 aromatic carbocycles. The smallest absolute Gasteiger partial charge is 0.377 e. The van der Waals surface area contributed by atoms with E-state index in [9.17, 15) is 18.4 Å². The van der Waals surface area contributed by atoms with Crippen LogP contribution in [0.4, 0.5) is 8.78 Å². The van der Waals surface area contributed by atoms with Crippen LogP contribution in [-0.2, 0) is 14.3 Å². The molecule has 0 heterocycles. The fourth-order valence-corrected chi connectivity index (χ4v) is 0.534. The second-order valence-electron chi connectivity index (χ2n) is 2.07. The van der Waals surface area contributed by atoms with Gasteiger partial charge in [0.05, 0.1) is 13.5 Å². The molecule has 11 heavy (non-hydrogen) atoms. The Labute approximate surface area is 62.3 Å². The lowest BCUT2D eigenvalue weighted by Gasteiger charge is -2.10. The van der Waals surface area contributed by atoms with Gasteiger partial charge in [0.25, 0.3) is 0 Å². The molecule has 0 N–H and O–H groups in total. The topological polar surface area (TPSA) is 43.4 Å². The molecule has 0 aromatic heterocycles. The van der Waals surface area contributed by atoms with E-state index in [2.05, 4.69) is 4.74 Å². The standard InChI is InChI=1S/C6H8F2O3/c1-4(9)3-6(7,8)5(10)11-2/h3H2,1-2H3. The highest BCUT2D eigenvalue weighted by Crippen LogP contribution is 2.19. The minimum absolute atomic E-state index is 0.750. The number of esters is 1. The summed E-state index contributed by atoms with van der Waals surface area (Å²) in [7, 11) is 0.844. The molecule has 0 spiro atoms. The largest absolute Gasteiger partial charge is 0.465 e. The number of ketones is 1. The molecular weight excluding hydrogens is 158 g/mol. The fourth-order valence-electron chi connectivity index (χ4n) is 0.534. The van der Waals surface area contributed by atoms with Crippen molar-refractivity contribution >= 4 is 11.8 Å². The second kappa shape index (κ2) is 3.41. The molecule has 5 heteroatoms. The van der Waals surface area contributed by atoms with Gasteiger partial charge in [-0.15, -0.1) is 0 Å². The van der Waals surface area contributed by atoms with E-state index < -0.39 is 24.1 Å². The molecule has 0 saturated carbocycles. The number of halogens is 2. The van der Waals surface area contributed by atoms with Crippen molar-refractivity contribution in [2.45, 2.75) is 19.3 Å². The summed E-state index contributed by atoms with van der Waals surface area (Å²) in [4.78, 5) is 20.4. The van der Waals surface area contributed by atoms with Gasteiger partial charge in [-0.1, -0.05) is 0 Å². The monoisotopic (exact) mass is 166 g/mol. The summed E-state index contributed by atoms with van der Waals surface area (Å²) in [6.07, 6.45) is -1.10. The van der Waals surface area contributed by atoms with Crippen LogP contribution in [0.1, 0.15) is 13.3 Å². The van der Waals surface area contributed by atoms with Crippen LogP contribution < -0.4 is 0 Å². The minimum Gasteiger partial charge on any atom is -0.465 e. The SMILES string of the molecule is COC(=O)C(F)(F)CC(C)=O. The summed E-state index contributed by atoms with van der Waals surface area (Å²) in [5, 5.41) is 0. The average Bonchev–Trinajstić information content (AvgIpc) is 1.83. The van der Waals surface area contributed by atoms with Crippen molar-refractivity contribution < 1.29 is 23.1 Å². The van der Waals surface area contributed by atoms with Crippen molar-refractivity contribution in [3.63, 3.8) is 0 Å². The van der Waals surface area contributed by atoms with E-state index in [-0.39, 0.29) is 0 Å². The number of carbonyl (C=O) groups excluding carboxylic acids is 2. The number of carbonyl (C=O) groups is 2. The lowest BCUT2D eigenvalue weighted by atomic mass is 10.2. The van der Waals surface area contributed by atoms with Gasteiger partial charge in [-0.25, -0.2) is 4.79 Å². The lowest BCUT2D eigenvalue weighted by Crippen LogP contribution is -2.31. The van der Waals surface area contributed by atoms with Crippen molar-refractivity contribution in [3.05, 3.63) is 0 Å². The predicted octanol–water partition coefficient (Wildman–Crippen LogP) is 0.774. The molecule has 0 amide bonds. The van der Waals surface area contributed by atoms with E-state index in [0.717, 1.165) is 14.0 Å². The molecule has 0 radical (unpaired) electrons. The molecule has 0 aliphatic carbocycles. The van der Waals surface area contributed by atoms with Crippen molar-refractivity contribution in [1.29, 1.82) is 0 Å². The Hall–Kier alpha value is -1.00. The molecule has 0 fully saturated rings. The summed E-state index contributed by atoms with van der Waals surface area (Å²) < 4.78 is 28.5. The van der Waals surface area contributed by atoms with Gasteiger partial charge in [-0.3, -0.25) is 4.79 Å². The zero-order valence-corrected chi connectivity index (χ0v) is 6.19. The van der Waals surface area contributed by atoms with Gasteiger partial charge in [-0.05, 0) is 6.92 Å². The van der Waals surface area contributed by atoms with Crippen LogP contribution >= 0.6 is 0 Å². The van der Waals surface area contributed by atoms with Crippen LogP contribution in [0.2, 0.25) is 0 Å². The number of hydrogen-bond donors (Lipinski definition) is 0. The van der Waals surface area contributed by atoms with Crippen LogP contribution in [0.5, 0.6) is 0 Å². The molecular formula is C6H8F2O3. The maximum Gasteiger partial charge on any atom is 0.377 e. The number of Topliss-reactive ketones (excluding diaryl/α,β-unsaturated/α-hetero) is 1. The summed E-state index contributed by atoms with van der Waals surface area (Å²) in [5.74, 6) is -6.10. The predicted molar refractivity (Wildman–Crippen MR) is 32.3 cm³/mol. The van der Waals surface area contributed by atoms with Crippen LogP contribution in [-0.4, -0.2) is 24.8 Å². The first-order chi connectivity index (χ1) is 4.90. The zero-order valence-electron chi connectivity index (χ0n) is 6.19. The van der Waals surface area contributed by atoms with Crippen molar-refractivity contribution in [1.82, 2.24) is 0 Å². The van der Waals surface area contributed by atoms with Gasteiger partial charge in [0.1, 0.15) is 5.78 Å². The van der Waals surface area contributed by atoms with E-state index >= 15 is 0 Å². The summed E-state index contributed by atoms with van der Waals surface area (Å²) >= 11 is 0. The van der Waals surface area contributed by atoms with E-state index in [1.165, 1.54) is 0 Å². The van der Waals surface area contributed by atoms with Crippen molar-refractivity contribution in [2.75, 3.05) is 7.11 Å². The van der Waals surface area contributed by atoms with Gasteiger partial charge in [0.2, 0.25) is 0 Å². The second-order valence-corrected chi connectivity index (χ2v) is 2.07. The molecule has 3 nitrogen and oxygen atoms in total. The van der Waals surface area contributed by atoms with Gasteiger partial charge < -0.3 is 4.74 Å². The van der Waals surface area contributed by atoms with E-state index in [4.69, 9.17) is 0 Å². The van der Waals surface area contributed by atoms with Crippen LogP contribution in [0, 0.1) is 0 Å². The maximum absolute atomic E-state index is 12.4. The first-order valence-corrected chi connectivity index (χ1v) is 2.86. The molecule has 0 aromatic rings. The number of ether oxygens (including phenoxy) is 1. The Bertz CT molecular complexity index is 177. The summed E-state index contributed by atoms with van der Waals surface area (Å²) in [6.45, 7) is 0.983. The third-order valence-electron chi connectivity index (χ3n) is 0.955. The van der Waals surface area contributed by atoms with Crippen molar-refractivity contribution in [2.24, 2.45) is 0 Å². The quantitative estimate of drug-likeness (QED) is 0.581. The maximum atomic E-state index is 12.4. The molecule has 64 valence electrons. The average molecular weight is 166 g/mol.